The number of primary amides is 2. The number of hydrogen-bond donors (Lipinski definition) is 2. The fraction of sp³-hybridized carbons (Fsp3) is 0.481. The van der Waals surface area contributed by atoms with Gasteiger partial charge in [0.2, 0.25) is 11.8 Å². The molecule has 0 bridgehead atoms. The number of nitrogens with zero attached hydrogens (tertiary/aromatic N) is 1. The van der Waals surface area contributed by atoms with Crippen molar-refractivity contribution in [2.75, 3.05) is 20.2 Å². The number of carbonyl (C=O) groups excluding carboxylic acids is 2. The summed E-state index contributed by atoms with van der Waals surface area (Å²) in [6.07, 6.45) is 1.50. The van der Waals surface area contributed by atoms with Gasteiger partial charge in [0.1, 0.15) is 5.75 Å². The second kappa shape index (κ2) is 10.8. The van der Waals surface area contributed by atoms with Crippen LogP contribution < -0.4 is 16.2 Å². The second-order valence-electron chi connectivity index (χ2n) is 10.2. The van der Waals surface area contributed by atoms with Crippen LogP contribution in [0.25, 0.3) is 11.1 Å². The average molecular weight is 454 g/mol. The van der Waals surface area contributed by atoms with E-state index in [0.29, 0.717) is 35.9 Å². The highest BCUT2D eigenvalue weighted by atomic mass is 16.5. The molecule has 0 unspecified atom stereocenters. The maximum absolute atomic E-state index is 12.3. The number of carbonyl (C=O) groups is 2. The van der Waals surface area contributed by atoms with E-state index in [1.54, 1.807) is 18.2 Å². The normalized spacial score (nSPS) is 11.8. The summed E-state index contributed by atoms with van der Waals surface area (Å²) >= 11 is 0. The first-order chi connectivity index (χ1) is 15.3. The van der Waals surface area contributed by atoms with Gasteiger partial charge in [0.05, 0.1) is 6.61 Å². The van der Waals surface area contributed by atoms with Gasteiger partial charge < -0.3 is 21.1 Å². The molecule has 0 aliphatic rings. The molecule has 0 saturated heterocycles. The Morgan fingerprint density at radius 2 is 1.73 bits per heavy atom. The zero-order chi connectivity index (χ0) is 24.9. The maximum atomic E-state index is 12.3. The number of hydrogen-bond acceptors (Lipinski definition) is 4. The van der Waals surface area contributed by atoms with Gasteiger partial charge in [0.25, 0.3) is 0 Å². The second-order valence-corrected chi connectivity index (χ2v) is 10.2. The number of amides is 2. The smallest absolute Gasteiger partial charge is 0.248 e. The zero-order valence-electron chi connectivity index (χ0n) is 21.1. The fourth-order valence-corrected chi connectivity index (χ4v) is 3.84. The van der Waals surface area contributed by atoms with Gasteiger partial charge in [-0.25, -0.2) is 0 Å². The first-order valence-corrected chi connectivity index (χ1v) is 11.5. The number of aryl methyl sites for hydroxylation is 1. The lowest BCUT2D eigenvalue weighted by Crippen LogP contribution is -2.28. The summed E-state index contributed by atoms with van der Waals surface area (Å²) in [6.45, 7) is 14.1. The molecule has 6 nitrogen and oxygen atoms in total. The molecule has 2 aromatic rings. The Balaban J connectivity index is 2.57. The number of nitrogens with two attached hydrogens (primary N) is 2. The highest BCUT2D eigenvalue weighted by Gasteiger charge is 2.24. The summed E-state index contributed by atoms with van der Waals surface area (Å²) in [5.41, 5.74) is 15.8. The molecular formula is C27H39N3O3. The molecular weight excluding hydrogens is 414 g/mol. The van der Waals surface area contributed by atoms with Crippen molar-refractivity contribution in [3.05, 3.63) is 52.6 Å². The molecule has 0 radical (unpaired) electrons. The molecule has 0 fully saturated rings. The molecule has 33 heavy (non-hydrogen) atoms. The minimum atomic E-state index is -0.511. The van der Waals surface area contributed by atoms with Crippen molar-refractivity contribution in [3.63, 3.8) is 0 Å². The number of ether oxygens (including phenoxy) is 1. The molecule has 0 spiro atoms. The Hall–Kier alpha value is -2.86. The molecule has 0 aliphatic carbocycles. The zero-order valence-corrected chi connectivity index (χ0v) is 21.1. The summed E-state index contributed by atoms with van der Waals surface area (Å²) in [4.78, 5) is 26.4. The van der Waals surface area contributed by atoms with Crippen molar-refractivity contribution in [2.24, 2.45) is 16.9 Å². The minimum absolute atomic E-state index is 0.0671. The highest BCUT2D eigenvalue weighted by Crippen LogP contribution is 2.39. The summed E-state index contributed by atoms with van der Waals surface area (Å²) in [6, 6.07) is 9.41. The number of rotatable bonds is 10. The van der Waals surface area contributed by atoms with E-state index >= 15 is 0 Å². The first kappa shape index (κ1) is 26.4. The van der Waals surface area contributed by atoms with Gasteiger partial charge in [0, 0.05) is 29.3 Å². The third-order valence-electron chi connectivity index (χ3n) is 5.82. The molecule has 0 aliphatic heterocycles. The fourth-order valence-electron chi connectivity index (χ4n) is 3.84. The summed E-state index contributed by atoms with van der Waals surface area (Å²) in [5, 5.41) is 0. The van der Waals surface area contributed by atoms with E-state index in [2.05, 4.69) is 46.6 Å². The molecule has 0 aromatic heterocycles. The van der Waals surface area contributed by atoms with Gasteiger partial charge in [-0.3, -0.25) is 9.59 Å². The van der Waals surface area contributed by atoms with Crippen LogP contribution in [0.2, 0.25) is 0 Å². The summed E-state index contributed by atoms with van der Waals surface area (Å²) in [7, 11) is 2.08. The Labute approximate surface area is 198 Å². The van der Waals surface area contributed by atoms with E-state index in [9.17, 15) is 9.59 Å². The summed E-state index contributed by atoms with van der Waals surface area (Å²) < 4.78 is 6.20. The van der Waals surface area contributed by atoms with Crippen LogP contribution in [0.3, 0.4) is 0 Å². The third kappa shape index (κ3) is 7.06. The Morgan fingerprint density at radius 1 is 1.06 bits per heavy atom. The lowest BCUT2D eigenvalue weighted by molar-refractivity contribution is 0.0991. The van der Waals surface area contributed by atoms with E-state index < -0.39 is 11.8 Å². The molecule has 6 heteroatoms. The Bertz CT molecular complexity index is 1010. The van der Waals surface area contributed by atoms with Crippen LogP contribution in [0.5, 0.6) is 5.75 Å². The largest absolute Gasteiger partial charge is 0.493 e. The molecule has 2 rings (SSSR count). The van der Waals surface area contributed by atoms with E-state index in [1.165, 1.54) is 0 Å². The van der Waals surface area contributed by atoms with Crippen LogP contribution in [0, 0.1) is 12.3 Å². The van der Waals surface area contributed by atoms with E-state index in [1.807, 2.05) is 19.1 Å². The van der Waals surface area contributed by atoms with Crippen molar-refractivity contribution >= 4 is 11.8 Å². The maximum Gasteiger partial charge on any atom is 0.248 e. The van der Waals surface area contributed by atoms with Crippen molar-refractivity contribution in [2.45, 2.75) is 60.4 Å². The molecule has 180 valence electrons. The van der Waals surface area contributed by atoms with Crippen molar-refractivity contribution in [1.82, 2.24) is 4.90 Å². The van der Waals surface area contributed by atoms with Crippen LogP contribution >= 0.6 is 0 Å². The predicted octanol–water partition coefficient (Wildman–Crippen LogP) is 4.56. The molecule has 0 atom stereocenters. The summed E-state index contributed by atoms with van der Waals surface area (Å²) in [5.74, 6) is -0.384. The Morgan fingerprint density at radius 3 is 2.27 bits per heavy atom. The number of benzene rings is 2. The van der Waals surface area contributed by atoms with Crippen LogP contribution in [-0.2, 0) is 6.42 Å². The standard InChI is InChI=1S/C27H39N3O3/c1-17(2)30(7)13-8-14-33-23-15-19(25(28)31)10-12-21(23)24-18(3)9-11-20(26(29)32)22(24)16-27(4,5)6/h9-12,15,17H,8,13-14,16H2,1-7H3,(H2,28,31)(H2,29,32). The SMILES string of the molecule is Cc1ccc(C(N)=O)c(CC(C)(C)C)c1-c1ccc(C(N)=O)cc1OCCCN(C)C(C)C. The lowest BCUT2D eigenvalue weighted by atomic mass is 9.80. The third-order valence-corrected chi connectivity index (χ3v) is 5.82. The minimum Gasteiger partial charge on any atom is -0.493 e. The van der Waals surface area contributed by atoms with Crippen LogP contribution in [0.1, 0.15) is 72.9 Å². The lowest BCUT2D eigenvalue weighted by Gasteiger charge is -2.25. The van der Waals surface area contributed by atoms with Gasteiger partial charge in [-0.2, -0.15) is 0 Å². The highest BCUT2D eigenvalue weighted by molar-refractivity contribution is 5.98. The first-order valence-electron chi connectivity index (χ1n) is 11.5. The van der Waals surface area contributed by atoms with E-state index in [4.69, 9.17) is 16.2 Å². The molecule has 0 saturated carbocycles. The average Bonchev–Trinajstić information content (AvgIpc) is 2.70. The topological polar surface area (TPSA) is 98.7 Å². The predicted molar refractivity (Wildman–Crippen MR) is 135 cm³/mol. The molecule has 2 aromatic carbocycles. The van der Waals surface area contributed by atoms with Crippen molar-refractivity contribution in [1.29, 1.82) is 0 Å². The van der Waals surface area contributed by atoms with Crippen LogP contribution in [0.15, 0.2) is 30.3 Å². The molecule has 2 amide bonds. The van der Waals surface area contributed by atoms with Crippen LogP contribution in [-0.4, -0.2) is 43.0 Å². The van der Waals surface area contributed by atoms with Gasteiger partial charge >= 0.3 is 0 Å². The monoisotopic (exact) mass is 453 g/mol. The van der Waals surface area contributed by atoms with Gasteiger partial charge in [-0.05, 0) is 87.0 Å². The van der Waals surface area contributed by atoms with Gasteiger partial charge in [-0.1, -0.05) is 26.8 Å². The van der Waals surface area contributed by atoms with Crippen molar-refractivity contribution < 1.29 is 14.3 Å². The van der Waals surface area contributed by atoms with Crippen LogP contribution in [0.4, 0.5) is 0 Å². The van der Waals surface area contributed by atoms with Gasteiger partial charge in [-0.15, -0.1) is 0 Å². The molecule has 0 heterocycles. The van der Waals surface area contributed by atoms with E-state index in [0.717, 1.165) is 35.2 Å². The van der Waals surface area contributed by atoms with E-state index in [-0.39, 0.29) is 5.41 Å². The van der Waals surface area contributed by atoms with Gasteiger partial charge in [0.15, 0.2) is 0 Å². The van der Waals surface area contributed by atoms with Crippen molar-refractivity contribution in [3.8, 4) is 16.9 Å². The Kier molecular flexibility index (Phi) is 8.67. The molecule has 4 N–H and O–H groups in total. The quantitative estimate of drug-likeness (QED) is 0.515.